The number of aromatic nitrogens is 6. The molecule has 3 aromatic heterocycles. The standard InChI is InChI=1S/C11H13BrN6O/c1-2-3-4-5-17-9-7(15-10(12)16-9)8-13-6-14-18(8)11(17)19/h6H,2-5H2,1H3,(H,15,16)/p+1. The Bertz CT molecular complexity index is 786. The van der Waals surface area contributed by atoms with Crippen LogP contribution in [0.5, 0.6) is 0 Å². The van der Waals surface area contributed by atoms with Crippen molar-refractivity contribution in [3.63, 3.8) is 0 Å². The van der Waals surface area contributed by atoms with Crippen LogP contribution in [-0.2, 0) is 6.54 Å². The summed E-state index contributed by atoms with van der Waals surface area (Å²) in [6, 6.07) is 0. The Hall–Kier alpha value is -1.70. The maximum atomic E-state index is 12.4. The Morgan fingerprint density at radius 2 is 2.32 bits per heavy atom. The summed E-state index contributed by atoms with van der Waals surface area (Å²) in [5.74, 6) is 0. The number of hydrogen-bond acceptors (Lipinski definition) is 3. The lowest BCUT2D eigenvalue weighted by atomic mass is 10.2. The molecule has 3 rings (SSSR count). The Labute approximate surface area is 116 Å². The SMILES string of the molecule is CCCCCn1c(=O)n2nc[nH+]c2c2[nH]c(Br)nc21. The molecular weight excluding hydrogens is 312 g/mol. The lowest BCUT2D eigenvalue weighted by Gasteiger charge is -2.03. The summed E-state index contributed by atoms with van der Waals surface area (Å²) in [5.41, 5.74) is 1.89. The molecule has 7 nitrogen and oxygen atoms in total. The Morgan fingerprint density at radius 1 is 1.47 bits per heavy atom. The summed E-state index contributed by atoms with van der Waals surface area (Å²) in [7, 11) is 0. The average molecular weight is 326 g/mol. The molecule has 0 atom stereocenters. The van der Waals surface area contributed by atoms with Gasteiger partial charge in [0.1, 0.15) is 0 Å². The second kappa shape index (κ2) is 4.76. The molecule has 8 heteroatoms. The van der Waals surface area contributed by atoms with Gasteiger partial charge in [0, 0.05) is 11.6 Å². The molecular formula is C11H14BrN6O+. The molecule has 0 amide bonds. The monoisotopic (exact) mass is 325 g/mol. The molecule has 0 aliphatic heterocycles. The number of fused-ring (bicyclic) bond motifs is 3. The number of imidazole rings is 1. The van der Waals surface area contributed by atoms with Crippen LogP contribution in [0.15, 0.2) is 15.9 Å². The van der Waals surface area contributed by atoms with Crippen LogP contribution >= 0.6 is 15.9 Å². The van der Waals surface area contributed by atoms with Gasteiger partial charge in [-0.3, -0.25) is 4.57 Å². The number of halogens is 1. The van der Waals surface area contributed by atoms with Crippen LogP contribution in [0.3, 0.4) is 0 Å². The minimum Gasteiger partial charge on any atom is -0.326 e. The topological polar surface area (TPSA) is 82.1 Å². The highest BCUT2D eigenvalue weighted by Crippen LogP contribution is 2.16. The van der Waals surface area contributed by atoms with Crippen LogP contribution in [0.2, 0.25) is 0 Å². The first-order valence-corrected chi connectivity index (χ1v) is 7.05. The highest BCUT2D eigenvalue weighted by atomic mass is 79.9. The number of nitrogens with one attached hydrogen (secondary N) is 2. The van der Waals surface area contributed by atoms with Gasteiger partial charge in [-0.2, -0.15) is 0 Å². The van der Waals surface area contributed by atoms with Gasteiger partial charge in [0.25, 0.3) is 12.0 Å². The number of aromatic amines is 2. The van der Waals surface area contributed by atoms with E-state index in [9.17, 15) is 4.79 Å². The first-order chi connectivity index (χ1) is 9.22. The van der Waals surface area contributed by atoms with E-state index in [1.165, 1.54) is 10.8 Å². The van der Waals surface area contributed by atoms with Crippen molar-refractivity contribution in [2.45, 2.75) is 32.7 Å². The van der Waals surface area contributed by atoms with E-state index in [2.05, 4.69) is 42.9 Å². The highest BCUT2D eigenvalue weighted by molar-refractivity contribution is 9.10. The summed E-state index contributed by atoms with van der Waals surface area (Å²) in [6.45, 7) is 2.78. The number of H-pyrrole nitrogens is 2. The molecule has 3 aromatic rings. The molecule has 0 aromatic carbocycles. The normalized spacial score (nSPS) is 11.7. The molecule has 2 N–H and O–H groups in total. The fourth-order valence-corrected chi connectivity index (χ4v) is 2.58. The Balaban J connectivity index is 2.26. The van der Waals surface area contributed by atoms with Gasteiger partial charge < -0.3 is 4.98 Å². The zero-order chi connectivity index (χ0) is 13.4. The van der Waals surface area contributed by atoms with E-state index in [-0.39, 0.29) is 5.69 Å². The fraction of sp³-hybridized carbons (Fsp3) is 0.455. The van der Waals surface area contributed by atoms with E-state index in [1.807, 2.05) is 0 Å². The highest BCUT2D eigenvalue weighted by Gasteiger charge is 2.20. The lowest BCUT2D eigenvalue weighted by molar-refractivity contribution is -0.345. The van der Waals surface area contributed by atoms with Crippen molar-refractivity contribution >= 4 is 32.7 Å². The number of unbranched alkanes of at least 4 members (excludes halogenated alkanes) is 2. The summed E-state index contributed by atoms with van der Waals surface area (Å²) in [5, 5.41) is 4.03. The molecule has 0 aliphatic carbocycles. The first kappa shape index (κ1) is 12.3. The minimum absolute atomic E-state index is 0.168. The van der Waals surface area contributed by atoms with Crippen molar-refractivity contribution in [1.82, 2.24) is 24.1 Å². The smallest absolute Gasteiger partial charge is 0.326 e. The second-order valence-electron chi connectivity index (χ2n) is 4.42. The van der Waals surface area contributed by atoms with E-state index in [1.54, 1.807) is 4.57 Å². The van der Waals surface area contributed by atoms with Gasteiger partial charge in [-0.1, -0.05) is 19.8 Å². The minimum atomic E-state index is -0.168. The van der Waals surface area contributed by atoms with E-state index in [4.69, 9.17) is 0 Å². The molecule has 19 heavy (non-hydrogen) atoms. The summed E-state index contributed by atoms with van der Waals surface area (Å²) >= 11 is 3.31. The van der Waals surface area contributed by atoms with Gasteiger partial charge in [0.2, 0.25) is 0 Å². The molecule has 0 radical (unpaired) electrons. The van der Waals surface area contributed by atoms with Gasteiger partial charge in [0.15, 0.2) is 15.9 Å². The van der Waals surface area contributed by atoms with E-state index in [0.717, 1.165) is 24.8 Å². The number of nitrogens with zero attached hydrogens (tertiary/aromatic N) is 4. The lowest BCUT2D eigenvalue weighted by Crippen LogP contribution is -2.28. The molecule has 100 valence electrons. The number of aryl methyl sites for hydroxylation is 1. The molecule has 0 fully saturated rings. The Kier molecular flexibility index (Phi) is 3.09. The quantitative estimate of drug-likeness (QED) is 0.576. The van der Waals surface area contributed by atoms with Gasteiger partial charge >= 0.3 is 5.69 Å². The maximum Gasteiger partial charge on any atom is 0.424 e. The van der Waals surface area contributed by atoms with Crippen molar-refractivity contribution in [2.24, 2.45) is 0 Å². The molecule has 0 aliphatic rings. The molecule has 0 unspecified atom stereocenters. The average Bonchev–Trinajstić information content (AvgIpc) is 2.99. The van der Waals surface area contributed by atoms with Crippen molar-refractivity contribution in [3.05, 3.63) is 21.5 Å². The van der Waals surface area contributed by atoms with E-state index >= 15 is 0 Å². The van der Waals surface area contributed by atoms with Crippen LogP contribution in [0.25, 0.3) is 16.8 Å². The van der Waals surface area contributed by atoms with Crippen molar-refractivity contribution in [3.8, 4) is 0 Å². The zero-order valence-corrected chi connectivity index (χ0v) is 12.1. The Morgan fingerprint density at radius 3 is 3.11 bits per heavy atom. The third-order valence-electron chi connectivity index (χ3n) is 3.13. The number of rotatable bonds is 4. The van der Waals surface area contributed by atoms with E-state index < -0.39 is 0 Å². The summed E-state index contributed by atoms with van der Waals surface area (Å²) in [6.07, 6.45) is 4.65. The van der Waals surface area contributed by atoms with Crippen molar-refractivity contribution in [2.75, 3.05) is 0 Å². The van der Waals surface area contributed by atoms with Gasteiger partial charge in [-0.25, -0.2) is 14.8 Å². The van der Waals surface area contributed by atoms with Gasteiger partial charge in [-0.15, -0.1) is 0 Å². The molecule has 0 saturated heterocycles. The summed E-state index contributed by atoms with van der Waals surface area (Å²) in [4.78, 5) is 22.8. The first-order valence-electron chi connectivity index (χ1n) is 6.25. The predicted molar refractivity (Wildman–Crippen MR) is 72.9 cm³/mol. The molecule has 0 saturated carbocycles. The molecule has 0 bridgehead atoms. The van der Waals surface area contributed by atoms with Crippen molar-refractivity contribution in [1.29, 1.82) is 0 Å². The van der Waals surface area contributed by atoms with Gasteiger partial charge in [0.05, 0.1) is 0 Å². The fourth-order valence-electron chi connectivity index (χ4n) is 2.21. The van der Waals surface area contributed by atoms with Crippen LogP contribution in [0.4, 0.5) is 0 Å². The van der Waals surface area contributed by atoms with Crippen LogP contribution < -0.4 is 10.7 Å². The van der Waals surface area contributed by atoms with Crippen LogP contribution in [0.1, 0.15) is 26.2 Å². The molecule has 3 heterocycles. The summed E-state index contributed by atoms with van der Waals surface area (Å²) < 4.78 is 3.63. The third-order valence-corrected chi connectivity index (χ3v) is 3.51. The largest absolute Gasteiger partial charge is 0.424 e. The predicted octanol–water partition coefficient (Wildman–Crippen LogP) is 1.14. The maximum absolute atomic E-state index is 12.4. The molecule has 0 spiro atoms. The van der Waals surface area contributed by atoms with Crippen LogP contribution in [-0.4, -0.2) is 24.1 Å². The van der Waals surface area contributed by atoms with Gasteiger partial charge in [-0.05, 0) is 26.9 Å². The third kappa shape index (κ3) is 1.95. The second-order valence-corrected chi connectivity index (χ2v) is 5.17. The van der Waals surface area contributed by atoms with E-state index in [0.29, 0.717) is 22.6 Å². The van der Waals surface area contributed by atoms with Crippen molar-refractivity contribution < 1.29 is 4.98 Å². The van der Waals surface area contributed by atoms with Crippen LogP contribution in [0, 0.1) is 0 Å². The number of hydrogen-bond donors (Lipinski definition) is 1. The zero-order valence-electron chi connectivity index (χ0n) is 10.5.